The normalized spacial score (nSPS) is 20.8. The van der Waals surface area contributed by atoms with Crippen molar-refractivity contribution in [2.24, 2.45) is 0 Å². The molecular formula is C12H14ClNO3. The third-order valence-corrected chi connectivity index (χ3v) is 3.03. The molecule has 1 fully saturated rings. The standard InChI is InChI=1S/C12H14ClNO3/c1-8-4-9(13)2-3-11(8)14-10(5-15)6-17-7-12(14)16/h2-4,10,15H,5-7H2,1H3. The first-order chi connectivity index (χ1) is 8.13. The van der Waals surface area contributed by atoms with Crippen molar-refractivity contribution in [1.29, 1.82) is 0 Å². The first kappa shape index (κ1) is 12.4. The second kappa shape index (κ2) is 5.04. The molecule has 5 heteroatoms. The van der Waals surface area contributed by atoms with Crippen LogP contribution < -0.4 is 4.90 Å². The molecule has 0 aliphatic carbocycles. The maximum absolute atomic E-state index is 11.9. The molecule has 1 aliphatic rings. The summed E-state index contributed by atoms with van der Waals surface area (Å²) in [5, 5.41) is 9.92. The van der Waals surface area contributed by atoms with Crippen LogP contribution in [0.3, 0.4) is 0 Å². The van der Waals surface area contributed by atoms with E-state index in [4.69, 9.17) is 16.3 Å². The van der Waals surface area contributed by atoms with E-state index >= 15 is 0 Å². The first-order valence-electron chi connectivity index (χ1n) is 5.40. The minimum atomic E-state index is -0.323. The van der Waals surface area contributed by atoms with E-state index in [1.165, 1.54) is 0 Å². The highest BCUT2D eigenvalue weighted by atomic mass is 35.5. The van der Waals surface area contributed by atoms with Crippen LogP contribution in [0.5, 0.6) is 0 Å². The molecule has 1 heterocycles. The Hall–Kier alpha value is -1.10. The van der Waals surface area contributed by atoms with Crippen molar-refractivity contribution >= 4 is 23.2 Å². The monoisotopic (exact) mass is 255 g/mol. The molecule has 1 N–H and O–H groups in total. The molecule has 1 atom stereocenters. The number of carbonyl (C=O) groups is 1. The molecule has 0 saturated carbocycles. The van der Waals surface area contributed by atoms with Crippen LogP contribution in [-0.4, -0.2) is 36.9 Å². The third-order valence-electron chi connectivity index (χ3n) is 2.80. The Bertz CT molecular complexity index is 436. The van der Waals surface area contributed by atoms with Gasteiger partial charge in [-0.25, -0.2) is 0 Å². The molecule has 4 nitrogen and oxygen atoms in total. The number of benzene rings is 1. The van der Waals surface area contributed by atoms with E-state index in [1.54, 1.807) is 23.1 Å². The highest BCUT2D eigenvalue weighted by Crippen LogP contribution is 2.26. The zero-order chi connectivity index (χ0) is 12.4. The average molecular weight is 256 g/mol. The van der Waals surface area contributed by atoms with E-state index in [-0.39, 0.29) is 25.2 Å². The second-order valence-electron chi connectivity index (χ2n) is 4.05. The molecule has 1 unspecified atom stereocenters. The van der Waals surface area contributed by atoms with Crippen LogP contribution in [-0.2, 0) is 9.53 Å². The molecule has 1 saturated heterocycles. The molecule has 0 spiro atoms. The Morgan fingerprint density at radius 3 is 3.00 bits per heavy atom. The van der Waals surface area contributed by atoms with Crippen LogP contribution in [0.25, 0.3) is 0 Å². The molecular weight excluding hydrogens is 242 g/mol. The van der Waals surface area contributed by atoms with Gasteiger partial charge in [-0.2, -0.15) is 0 Å². The van der Waals surface area contributed by atoms with Crippen molar-refractivity contribution in [1.82, 2.24) is 0 Å². The summed E-state index contributed by atoms with van der Waals surface area (Å²) in [6.07, 6.45) is 0. The van der Waals surface area contributed by atoms with Crippen LogP contribution in [0.2, 0.25) is 5.02 Å². The lowest BCUT2D eigenvalue weighted by Crippen LogP contribution is -2.51. The van der Waals surface area contributed by atoms with Crippen molar-refractivity contribution < 1.29 is 14.6 Å². The predicted octanol–water partition coefficient (Wildman–Crippen LogP) is 1.37. The molecule has 2 rings (SSSR count). The summed E-state index contributed by atoms with van der Waals surface area (Å²) in [5.74, 6) is -0.138. The summed E-state index contributed by atoms with van der Waals surface area (Å²) in [4.78, 5) is 13.5. The Morgan fingerprint density at radius 1 is 1.59 bits per heavy atom. The van der Waals surface area contributed by atoms with Crippen LogP contribution in [0.4, 0.5) is 5.69 Å². The third kappa shape index (κ3) is 2.44. The van der Waals surface area contributed by atoms with E-state index in [1.807, 2.05) is 6.92 Å². The molecule has 17 heavy (non-hydrogen) atoms. The van der Waals surface area contributed by atoms with Gasteiger partial charge in [-0.1, -0.05) is 11.6 Å². The number of nitrogens with zero attached hydrogens (tertiary/aromatic N) is 1. The number of rotatable bonds is 2. The first-order valence-corrected chi connectivity index (χ1v) is 5.78. The van der Waals surface area contributed by atoms with Crippen molar-refractivity contribution in [3.05, 3.63) is 28.8 Å². The van der Waals surface area contributed by atoms with Gasteiger partial charge in [0.1, 0.15) is 6.61 Å². The Morgan fingerprint density at radius 2 is 2.35 bits per heavy atom. The van der Waals surface area contributed by atoms with Crippen molar-refractivity contribution in [2.45, 2.75) is 13.0 Å². The van der Waals surface area contributed by atoms with Gasteiger partial charge in [0.25, 0.3) is 5.91 Å². The number of aliphatic hydroxyl groups is 1. The fraction of sp³-hybridized carbons (Fsp3) is 0.417. The summed E-state index contributed by atoms with van der Waals surface area (Å²) in [6.45, 7) is 2.18. The summed E-state index contributed by atoms with van der Waals surface area (Å²) in [6, 6.07) is 5.01. The van der Waals surface area contributed by atoms with E-state index < -0.39 is 0 Å². The molecule has 0 aromatic heterocycles. The Labute approximate surface area is 105 Å². The highest BCUT2D eigenvalue weighted by molar-refractivity contribution is 6.30. The smallest absolute Gasteiger partial charge is 0.253 e. The second-order valence-corrected chi connectivity index (χ2v) is 4.48. The van der Waals surface area contributed by atoms with E-state index in [2.05, 4.69) is 0 Å². The van der Waals surface area contributed by atoms with E-state index in [0.29, 0.717) is 11.6 Å². The number of anilines is 1. The lowest BCUT2D eigenvalue weighted by molar-refractivity contribution is -0.128. The van der Waals surface area contributed by atoms with Crippen LogP contribution in [0.15, 0.2) is 18.2 Å². The largest absolute Gasteiger partial charge is 0.394 e. The lowest BCUT2D eigenvalue weighted by Gasteiger charge is -2.35. The van der Waals surface area contributed by atoms with Gasteiger partial charge < -0.3 is 14.7 Å². The minimum absolute atomic E-state index is 0.0541. The predicted molar refractivity (Wildman–Crippen MR) is 65.4 cm³/mol. The van der Waals surface area contributed by atoms with Crippen LogP contribution in [0.1, 0.15) is 5.56 Å². The Balaban J connectivity index is 2.38. The number of aryl methyl sites for hydroxylation is 1. The van der Waals surface area contributed by atoms with Gasteiger partial charge in [0.05, 0.1) is 19.3 Å². The summed E-state index contributed by atoms with van der Waals surface area (Å²) < 4.78 is 5.12. The zero-order valence-corrected chi connectivity index (χ0v) is 10.3. The number of halogens is 1. The lowest BCUT2D eigenvalue weighted by atomic mass is 10.1. The zero-order valence-electron chi connectivity index (χ0n) is 9.52. The molecule has 1 aromatic rings. The maximum Gasteiger partial charge on any atom is 0.253 e. The minimum Gasteiger partial charge on any atom is -0.394 e. The summed E-state index contributed by atoms with van der Waals surface area (Å²) in [5.41, 5.74) is 1.69. The molecule has 0 radical (unpaired) electrons. The molecule has 1 amide bonds. The van der Waals surface area contributed by atoms with Gasteiger partial charge in [-0.05, 0) is 30.7 Å². The van der Waals surface area contributed by atoms with Gasteiger partial charge in [0.2, 0.25) is 0 Å². The number of morpholine rings is 1. The van der Waals surface area contributed by atoms with Crippen molar-refractivity contribution in [2.75, 3.05) is 24.7 Å². The number of hydrogen-bond donors (Lipinski definition) is 1. The van der Waals surface area contributed by atoms with Gasteiger partial charge in [0.15, 0.2) is 0 Å². The number of carbonyl (C=O) groups excluding carboxylic acids is 1. The summed E-state index contributed by atoms with van der Waals surface area (Å²) in [7, 11) is 0. The van der Waals surface area contributed by atoms with Crippen LogP contribution in [0, 0.1) is 6.92 Å². The fourth-order valence-electron chi connectivity index (χ4n) is 1.98. The number of aliphatic hydroxyl groups excluding tert-OH is 1. The topological polar surface area (TPSA) is 49.8 Å². The Kier molecular flexibility index (Phi) is 3.66. The van der Waals surface area contributed by atoms with Crippen LogP contribution >= 0.6 is 11.6 Å². The number of ether oxygens (including phenoxy) is 1. The van der Waals surface area contributed by atoms with Gasteiger partial charge in [-0.3, -0.25) is 4.79 Å². The number of hydrogen-bond acceptors (Lipinski definition) is 3. The maximum atomic E-state index is 11.9. The van der Waals surface area contributed by atoms with Gasteiger partial charge >= 0.3 is 0 Å². The molecule has 1 aliphatic heterocycles. The van der Waals surface area contributed by atoms with E-state index in [9.17, 15) is 9.90 Å². The summed E-state index contributed by atoms with van der Waals surface area (Å²) >= 11 is 5.89. The molecule has 0 bridgehead atoms. The van der Waals surface area contributed by atoms with Gasteiger partial charge in [-0.15, -0.1) is 0 Å². The van der Waals surface area contributed by atoms with E-state index in [0.717, 1.165) is 11.3 Å². The SMILES string of the molecule is Cc1cc(Cl)ccc1N1C(=O)COCC1CO. The molecule has 1 aromatic carbocycles. The molecule has 92 valence electrons. The van der Waals surface area contributed by atoms with Gasteiger partial charge in [0, 0.05) is 10.7 Å². The van der Waals surface area contributed by atoms with Crippen molar-refractivity contribution in [3.8, 4) is 0 Å². The van der Waals surface area contributed by atoms with Crippen molar-refractivity contribution in [3.63, 3.8) is 0 Å². The number of amides is 1. The fourth-order valence-corrected chi connectivity index (χ4v) is 2.21. The quantitative estimate of drug-likeness (QED) is 0.869. The highest BCUT2D eigenvalue weighted by Gasteiger charge is 2.30. The average Bonchev–Trinajstić information content (AvgIpc) is 2.30.